The SMILES string of the molecule is CCNC1CCCN(c2ccc(C)nc2C)C1=O. The van der Waals surface area contributed by atoms with E-state index < -0.39 is 0 Å². The van der Waals surface area contributed by atoms with Crippen molar-refractivity contribution in [1.29, 1.82) is 0 Å². The molecule has 1 saturated heterocycles. The van der Waals surface area contributed by atoms with Crippen molar-refractivity contribution in [2.75, 3.05) is 18.0 Å². The van der Waals surface area contributed by atoms with Crippen LogP contribution < -0.4 is 10.2 Å². The molecule has 98 valence electrons. The Morgan fingerprint density at radius 2 is 2.22 bits per heavy atom. The number of hydrogen-bond acceptors (Lipinski definition) is 3. The van der Waals surface area contributed by atoms with Gasteiger partial charge in [-0.3, -0.25) is 9.78 Å². The molecule has 0 spiro atoms. The standard InChI is InChI=1S/C14H21N3O/c1-4-15-12-6-5-9-17(14(12)18)13-8-7-10(2)16-11(13)3/h7-8,12,15H,4-6,9H2,1-3H3. The van der Waals surface area contributed by atoms with Crippen LogP contribution in [0.15, 0.2) is 12.1 Å². The number of aromatic nitrogens is 1. The third-order valence-electron chi connectivity index (χ3n) is 3.38. The summed E-state index contributed by atoms with van der Waals surface area (Å²) in [6, 6.07) is 3.93. The maximum Gasteiger partial charge on any atom is 0.244 e. The van der Waals surface area contributed by atoms with Crippen LogP contribution >= 0.6 is 0 Å². The van der Waals surface area contributed by atoms with Crippen molar-refractivity contribution in [3.05, 3.63) is 23.5 Å². The molecule has 0 radical (unpaired) electrons. The van der Waals surface area contributed by atoms with Gasteiger partial charge in [0.2, 0.25) is 5.91 Å². The average Bonchev–Trinajstić information content (AvgIpc) is 2.33. The van der Waals surface area contributed by atoms with Crippen LogP contribution in [0.5, 0.6) is 0 Å². The smallest absolute Gasteiger partial charge is 0.244 e. The van der Waals surface area contributed by atoms with E-state index in [2.05, 4.69) is 10.3 Å². The molecule has 1 aliphatic heterocycles. The number of piperidine rings is 1. The lowest BCUT2D eigenvalue weighted by molar-refractivity contribution is -0.121. The molecule has 4 nitrogen and oxygen atoms in total. The lowest BCUT2D eigenvalue weighted by Gasteiger charge is -2.33. The summed E-state index contributed by atoms with van der Waals surface area (Å²) in [5, 5.41) is 3.25. The summed E-state index contributed by atoms with van der Waals surface area (Å²) in [7, 11) is 0. The van der Waals surface area contributed by atoms with Gasteiger partial charge >= 0.3 is 0 Å². The molecule has 0 aliphatic carbocycles. The Bertz CT molecular complexity index is 443. The Morgan fingerprint density at radius 3 is 2.89 bits per heavy atom. The number of nitrogens with one attached hydrogen (secondary N) is 1. The van der Waals surface area contributed by atoms with E-state index in [1.165, 1.54) is 0 Å². The van der Waals surface area contributed by atoms with Crippen LogP contribution in [0.1, 0.15) is 31.2 Å². The molecule has 1 aromatic rings. The van der Waals surface area contributed by atoms with Crippen LogP contribution in [-0.4, -0.2) is 30.0 Å². The van der Waals surface area contributed by atoms with Gasteiger partial charge in [-0.1, -0.05) is 6.92 Å². The van der Waals surface area contributed by atoms with Crippen LogP contribution in [0.25, 0.3) is 0 Å². The van der Waals surface area contributed by atoms with Gasteiger partial charge < -0.3 is 10.2 Å². The van der Waals surface area contributed by atoms with Crippen molar-refractivity contribution in [2.24, 2.45) is 0 Å². The van der Waals surface area contributed by atoms with Crippen LogP contribution in [0.4, 0.5) is 5.69 Å². The third-order valence-corrected chi connectivity index (χ3v) is 3.38. The molecule has 1 aromatic heterocycles. The highest BCUT2D eigenvalue weighted by Gasteiger charge is 2.29. The third kappa shape index (κ3) is 2.53. The van der Waals surface area contributed by atoms with E-state index in [9.17, 15) is 4.79 Å². The maximum absolute atomic E-state index is 12.4. The van der Waals surface area contributed by atoms with E-state index in [-0.39, 0.29) is 11.9 Å². The van der Waals surface area contributed by atoms with E-state index in [1.807, 2.05) is 37.8 Å². The quantitative estimate of drug-likeness (QED) is 0.886. The molecule has 0 aromatic carbocycles. The number of carbonyl (C=O) groups excluding carboxylic acids is 1. The molecule has 1 aliphatic rings. The first-order chi connectivity index (χ1) is 8.63. The normalized spacial score (nSPS) is 20.3. The number of carbonyl (C=O) groups is 1. The molecule has 1 atom stereocenters. The molecule has 0 saturated carbocycles. The highest BCUT2D eigenvalue weighted by atomic mass is 16.2. The van der Waals surface area contributed by atoms with E-state index >= 15 is 0 Å². The summed E-state index contributed by atoms with van der Waals surface area (Å²) in [6.07, 6.45) is 1.97. The molecular weight excluding hydrogens is 226 g/mol. The Labute approximate surface area is 108 Å². The number of aryl methyl sites for hydroxylation is 2. The summed E-state index contributed by atoms with van der Waals surface area (Å²) in [6.45, 7) is 7.59. The van der Waals surface area contributed by atoms with Crippen molar-refractivity contribution in [3.63, 3.8) is 0 Å². The minimum atomic E-state index is -0.0375. The first kappa shape index (κ1) is 13.0. The first-order valence-electron chi connectivity index (χ1n) is 6.62. The number of nitrogens with zero attached hydrogens (tertiary/aromatic N) is 2. The Balaban J connectivity index is 2.24. The minimum absolute atomic E-state index is 0.0375. The molecule has 2 heterocycles. The average molecular weight is 247 g/mol. The molecule has 0 bridgehead atoms. The largest absolute Gasteiger partial charge is 0.309 e. The van der Waals surface area contributed by atoms with E-state index in [4.69, 9.17) is 0 Å². The summed E-state index contributed by atoms with van der Waals surface area (Å²) in [4.78, 5) is 18.7. The second-order valence-corrected chi connectivity index (χ2v) is 4.80. The van der Waals surface area contributed by atoms with Crippen LogP contribution in [-0.2, 0) is 4.79 Å². The second kappa shape index (κ2) is 5.48. The monoisotopic (exact) mass is 247 g/mol. The van der Waals surface area contributed by atoms with Crippen LogP contribution in [0, 0.1) is 13.8 Å². The van der Waals surface area contributed by atoms with Gasteiger partial charge in [-0.15, -0.1) is 0 Å². The Hall–Kier alpha value is -1.42. The van der Waals surface area contributed by atoms with Crippen molar-refractivity contribution in [1.82, 2.24) is 10.3 Å². The summed E-state index contributed by atoms with van der Waals surface area (Å²) in [5.74, 6) is 0.178. The molecule has 4 heteroatoms. The van der Waals surface area contributed by atoms with Gasteiger partial charge in [-0.05, 0) is 45.4 Å². The number of hydrogen-bond donors (Lipinski definition) is 1. The van der Waals surface area contributed by atoms with Crippen LogP contribution in [0.3, 0.4) is 0 Å². The first-order valence-corrected chi connectivity index (χ1v) is 6.62. The van der Waals surface area contributed by atoms with Gasteiger partial charge in [0, 0.05) is 12.2 Å². The number of pyridine rings is 1. The van der Waals surface area contributed by atoms with E-state index in [1.54, 1.807) is 0 Å². The number of rotatable bonds is 3. The number of amides is 1. The van der Waals surface area contributed by atoms with Gasteiger partial charge in [0.05, 0.1) is 17.4 Å². The van der Waals surface area contributed by atoms with Crippen LogP contribution in [0.2, 0.25) is 0 Å². The Morgan fingerprint density at radius 1 is 1.44 bits per heavy atom. The Kier molecular flexibility index (Phi) is 3.97. The highest BCUT2D eigenvalue weighted by molar-refractivity contribution is 5.98. The molecule has 1 N–H and O–H groups in total. The van der Waals surface area contributed by atoms with Crippen molar-refractivity contribution < 1.29 is 4.79 Å². The predicted molar refractivity (Wildman–Crippen MR) is 72.8 cm³/mol. The molecule has 2 rings (SSSR count). The fraction of sp³-hybridized carbons (Fsp3) is 0.571. The summed E-state index contributed by atoms with van der Waals surface area (Å²) < 4.78 is 0. The molecule has 1 fully saturated rings. The van der Waals surface area contributed by atoms with Gasteiger partial charge in [0.1, 0.15) is 0 Å². The van der Waals surface area contributed by atoms with Crippen molar-refractivity contribution in [2.45, 2.75) is 39.7 Å². The number of likely N-dealkylation sites (N-methyl/N-ethyl adjacent to an activating group) is 1. The van der Waals surface area contributed by atoms with Gasteiger partial charge in [0.25, 0.3) is 0 Å². The van der Waals surface area contributed by atoms with E-state index in [0.717, 1.165) is 43.0 Å². The highest BCUT2D eigenvalue weighted by Crippen LogP contribution is 2.23. The van der Waals surface area contributed by atoms with Gasteiger partial charge in [-0.2, -0.15) is 0 Å². The lowest BCUT2D eigenvalue weighted by atomic mass is 10.0. The zero-order chi connectivity index (χ0) is 13.1. The lowest BCUT2D eigenvalue weighted by Crippen LogP contribution is -2.51. The molecule has 1 unspecified atom stereocenters. The summed E-state index contributed by atoms with van der Waals surface area (Å²) in [5.41, 5.74) is 2.87. The fourth-order valence-corrected chi connectivity index (χ4v) is 2.51. The molecular formula is C14H21N3O. The van der Waals surface area contributed by atoms with Crippen molar-refractivity contribution in [3.8, 4) is 0 Å². The fourth-order valence-electron chi connectivity index (χ4n) is 2.51. The zero-order valence-electron chi connectivity index (χ0n) is 11.4. The number of anilines is 1. The minimum Gasteiger partial charge on any atom is -0.309 e. The molecule has 1 amide bonds. The summed E-state index contributed by atoms with van der Waals surface area (Å²) >= 11 is 0. The van der Waals surface area contributed by atoms with Gasteiger partial charge in [0.15, 0.2) is 0 Å². The maximum atomic E-state index is 12.4. The molecule has 18 heavy (non-hydrogen) atoms. The van der Waals surface area contributed by atoms with E-state index in [0.29, 0.717) is 0 Å². The predicted octanol–water partition coefficient (Wildman–Crippen LogP) is 1.80. The van der Waals surface area contributed by atoms with Crippen molar-refractivity contribution >= 4 is 11.6 Å². The van der Waals surface area contributed by atoms with Gasteiger partial charge in [-0.25, -0.2) is 0 Å². The zero-order valence-corrected chi connectivity index (χ0v) is 11.4. The topological polar surface area (TPSA) is 45.2 Å². The second-order valence-electron chi connectivity index (χ2n) is 4.80.